The second-order valence-electron chi connectivity index (χ2n) is 8.11. The van der Waals surface area contributed by atoms with Crippen LogP contribution in [0.1, 0.15) is 33.6 Å². The second-order valence-corrected chi connectivity index (χ2v) is 8.52. The van der Waals surface area contributed by atoms with Gasteiger partial charge in [-0.3, -0.25) is 15.1 Å². The first-order valence-electron chi connectivity index (χ1n) is 11.3. The molecule has 1 aliphatic rings. The lowest BCUT2D eigenvalue weighted by Crippen LogP contribution is -2.39. The standard InChI is InChI=1S/C25H28FN5O2S/c1-18-21(17-28-29-25(34)27-10-4-11-30-13-15-33-16-14-30)22-5-2-3-12-31(22)23(18)24(32)19-6-8-20(26)9-7-19/h2-3,5-9,12,17H,4,10-11,13-16H2,1H3,(H2,27,29,34)/b28-17-. The molecule has 0 spiro atoms. The predicted molar refractivity (Wildman–Crippen MR) is 135 cm³/mol. The van der Waals surface area contributed by atoms with E-state index in [1.165, 1.54) is 24.3 Å². The zero-order valence-electron chi connectivity index (χ0n) is 19.1. The number of pyridine rings is 1. The van der Waals surface area contributed by atoms with Crippen LogP contribution in [0.15, 0.2) is 53.8 Å². The van der Waals surface area contributed by atoms with E-state index in [1.54, 1.807) is 6.21 Å². The monoisotopic (exact) mass is 481 g/mol. The molecule has 0 unspecified atom stereocenters. The average molecular weight is 482 g/mol. The van der Waals surface area contributed by atoms with Gasteiger partial charge in [-0.2, -0.15) is 5.10 Å². The molecule has 0 saturated carbocycles. The van der Waals surface area contributed by atoms with Gasteiger partial charge in [0.15, 0.2) is 5.11 Å². The zero-order valence-corrected chi connectivity index (χ0v) is 19.9. The van der Waals surface area contributed by atoms with Gasteiger partial charge in [-0.1, -0.05) is 6.07 Å². The molecule has 7 nitrogen and oxygen atoms in total. The van der Waals surface area contributed by atoms with Gasteiger partial charge in [0, 0.05) is 37.0 Å². The Bertz CT molecular complexity index is 1190. The molecule has 34 heavy (non-hydrogen) atoms. The van der Waals surface area contributed by atoms with Gasteiger partial charge < -0.3 is 14.5 Å². The van der Waals surface area contributed by atoms with Gasteiger partial charge >= 0.3 is 0 Å². The summed E-state index contributed by atoms with van der Waals surface area (Å²) in [5.41, 5.74) is 6.26. The van der Waals surface area contributed by atoms with Crippen LogP contribution in [-0.2, 0) is 4.74 Å². The summed E-state index contributed by atoms with van der Waals surface area (Å²) in [6.07, 6.45) is 4.49. The Labute approximate surface area is 203 Å². The van der Waals surface area contributed by atoms with Crippen LogP contribution in [0, 0.1) is 12.7 Å². The van der Waals surface area contributed by atoms with Crippen molar-refractivity contribution in [3.8, 4) is 0 Å². The van der Waals surface area contributed by atoms with Crippen molar-refractivity contribution in [1.29, 1.82) is 0 Å². The third-order valence-corrected chi connectivity index (χ3v) is 6.09. The number of hydrazone groups is 1. The van der Waals surface area contributed by atoms with Crippen LogP contribution in [0.25, 0.3) is 5.52 Å². The van der Waals surface area contributed by atoms with Gasteiger partial charge in [0.1, 0.15) is 5.82 Å². The average Bonchev–Trinajstić information content (AvgIpc) is 3.14. The number of thiocarbonyl (C=S) groups is 1. The highest BCUT2D eigenvalue weighted by atomic mass is 32.1. The Balaban J connectivity index is 1.40. The Morgan fingerprint density at radius 3 is 2.74 bits per heavy atom. The highest BCUT2D eigenvalue weighted by Crippen LogP contribution is 2.24. The summed E-state index contributed by atoms with van der Waals surface area (Å²) in [4.78, 5) is 15.6. The van der Waals surface area contributed by atoms with Crippen molar-refractivity contribution in [2.24, 2.45) is 5.10 Å². The number of aromatic nitrogens is 1. The lowest BCUT2D eigenvalue weighted by atomic mass is 10.0. The minimum absolute atomic E-state index is 0.177. The fourth-order valence-electron chi connectivity index (χ4n) is 4.06. The van der Waals surface area contributed by atoms with E-state index >= 15 is 0 Å². The minimum Gasteiger partial charge on any atom is -0.379 e. The molecule has 1 saturated heterocycles. The molecule has 3 aromatic rings. The van der Waals surface area contributed by atoms with Crippen LogP contribution >= 0.6 is 12.2 Å². The van der Waals surface area contributed by atoms with Gasteiger partial charge in [0.05, 0.1) is 30.6 Å². The van der Waals surface area contributed by atoms with Crippen molar-refractivity contribution in [1.82, 2.24) is 20.0 Å². The summed E-state index contributed by atoms with van der Waals surface area (Å²) >= 11 is 5.33. The second kappa shape index (κ2) is 11.3. The largest absolute Gasteiger partial charge is 0.379 e. The van der Waals surface area contributed by atoms with Gasteiger partial charge in [0.25, 0.3) is 0 Å². The molecule has 3 heterocycles. The van der Waals surface area contributed by atoms with E-state index in [-0.39, 0.29) is 11.6 Å². The number of nitrogens with one attached hydrogen (secondary N) is 2. The van der Waals surface area contributed by atoms with Gasteiger partial charge in [-0.15, -0.1) is 0 Å². The van der Waals surface area contributed by atoms with Crippen LogP contribution in [0.5, 0.6) is 0 Å². The fourth-order valence-corrected chi connectivity index (χ4v) is 4.22. The number of fused-ring (bicyclic) bond motifs is 1. The van der Waals surface area contributed by atoms with E-state index < -0.39 is 0 Å². The third-order valence-electron chi connectivity index (χ3n) is 5.86. The van der Waals surface area contributed by atoms with E-state index in [4.69, 9.17) is 17.0 Å². The normalized spacial score (nSPS) is 14.5. The van der Waals surface area contributed by atoms with Crippen LogP contribution in [0.2, 0.25) is 0 Å². The molecule has 0 atom stereocenters. The summed E-state index contributed by atoms with van der Waals surface area (Å²) in [7, 11) is 0. The molecule has 0 radical (unpaired) electrons. The highest BCUT2D eigenvalue weighted by molar-refractivity contribution is 7.80. The predicted octanol–water partition coefficient (Wildman–Crippen LogP) is 3.14. The molecule has 178 valence electrons. The zero-order chi connectivity index (χ0) is 23.9. The molecule has 0 bridgehead atoms. The van der Waals surface area contributed by atoms with Crippen LogP contribution in [-0.4, -0.2) is 65.8 Å². The molecule has 1 aliphatic heterocycles. The van der Waals surface area contributed by atoms with E-state index in [1.807, 2.05) is 35.7 Å². The van der Waals surface area contributed by atoms with Crippen molar-refractivity contribution < 1.29 is 13.9 Å². The first-order valence-corrected chi connectivity index (χ1v) is 11.7. The third kappa shape index (κ3) is 5.67. The summed E-state index contributed by atoms with van der Waals surface area (Å²) < 4.78 is 20.5. The summed E-state index contributed by atoms with van der Waals surface area (Å²) in [6.45, 7) is 7.19. The van der Waals surface area contributed by atoms with E-state index in [9.17, 15) is 9.18 Å². The summed E-state index contributed by atoms with van der Waals surface area (Å²) in [5, 5.41) is 7.91. The van der Waals surface area contributed by atoms with E-state index in [0.29, 0.717) is 16.4 Å². The lowest BCUT2D eigenvalue weighted by Gasteiger charge is -2.26. The number of morpholine rings is 1. The van der Waals surface area contributed by atoms with E-state index in [0.717, 1.165) is 62.5 Å². The van der Waals surface area contributed by atoms with Crippen LogP contribution in [0.3, 0.4) is 0 Å². The molecule has 2 N–H and O–H groups in total. The quantitative estimate of drug-likeness (QED) is 0.169. The molecular formula is C25H28FN5O2S. The maximum absolute atomic E-state index is 13.3. The molecule has 0 amide bonds. The molecule has 1 fully saturated rings. The van der Waals surface area contributed by atoms with Crippen molar-refractivity contribution in [2.45, 2.75) is 13.3 Å². The lowest BCUT2D eigenvalue weighted by molar-refractivity contribution is 0.0376. The maximum atomic E-state index is 13.3. The maximum Gasteiger partial charge on any atom is 0.210 e. The number of rotatable bonds is 8. The van der Waals surface area contributed by atoms with E-state index in [2.05, 4.69) is 20.7 Å². The number of ether oxygens (including phenoxy) is 1. The first kappa shape index (κ1) is 24.0. The molecule has 9 heteroatoms. The molecule has 1 aromatic carbocycles. The number of benzene rings is 1. The van der Waals surface area contributed by atoms with Gasteiger partial charge in [0.2, 0.25) is 5.78 Å². The number of hydrogen-bond donors (Lipinski definition) is 2. The summed E-state index contributed by atoms with van der Waals surface area (Å²) in [5.74, 6) is -0.554. The Kier molecular flexibility index (Phi) is 7.99. The Morgan fingerprint density at radius 1 is 1.21 bits per heavy atom. The van der Waals surface area contributed by atoms with Gasteiger partial charge in [-0.05, 0) is 74.1 Å². The highest BCUT2D eigenvalue weighted by Gasteiger charge is 2.21. The summed E-state index contributed by atoms with van der Waals surface area (Å²) in [6, 6.07) is 11.3. The molecule has 4 rings (SSSR count). The Morgan fingerprint density at radius 2 is 1.97 bits per heavy atom. The number of carbonyl (C=O) groups excluding carboxylic acids is 1. The topological polar surface area (TPSA) is 70.4 Å². The SMILES string of the molecule is Cc1c(/C=N\NC(=S)NCCCN2CCOCC2)c2ccccn2c1C(=O)c1ccc(F)cc1. The number of halogens is 1. The molecule has 0 aliphatic carbocycles. The minimum atomic E-state index is -0.377. The van der Waals surface area contributed by atoms with Crippen molar-refractivity contribution in [3.63, 3.8) is 0 Å². The van der Waals surface area contributed by atoms with Crippen molar-refractivity contribution in [2.75, 3.05) is 39.4 Å². The number of hydrogen-bond acceptors (Lipinski definition) is 5. The van der Waals surface area contributed by atoms with Crippen LogP contribution in [0.4, 0.5) is 4.39 Å². The number of ketones is 1. The first-order chi connectivity index (χ1) is 16.5. The van der Waals surface area contributed by atoms with Crippen LogP contribution < -0.4 is 10.7 Å². The fraction of sp³-hybridized carbons (Fsp3) is 0.320. The number of nitrogens with zero attached hydrogens (tertiary/aromatic N) is 3. The smallest absolute Gasteiger partial charge is 0.210 e. The Hall–Kier alpha value is -3.14. The molecule has 2 aromatic heterocycles. The number of carbonyl (C=O) groups is 1. The van der Waals surface area contributed by atoms with Crippen molar-refractivity contribution >= 4 is 34.8 Å². The van der Waals surface area contributed by atoms with Gasteiger partial charge in [-0.25, -0.2) is 4.39 Å². The molecular weight excluding hydrogens is 453 g/mol. The van der Waals surface area contributed by atoms with Crippen molar-refractivity contribution in [3.05, 3.63) is 76.9 Å².